The van der Waals surface area contributed by atoms with Gasteiger partial charge in [-0.15, -0.1) is 11.3 Å². The van der Waals surface area contributed by atoms with Crippen LogP contribution in [0.1, 0.15) is 10.6 Å². The highest BCUT2D eigenvalue weighted by molar-refractivity contribution is 7.09. The Balaban J connectivity index is 2.11. The van der Waals surface area contributed by atoms with E-state index in [0.717, 1.165) is 12.1 Å². The molecule has 0 aliphatic heterocycles. The van der Waals surface area contributed by atoms with Crippen molar-refractivity contribution in [3.8, 4) is 0 Å². The second-order valence-electron chi connectivity index (χ2n) is 3.35. The molecule has 0 bridgehead atoms. The van der Waals surface area contributed by atoms with Crippen molar-refractivity contribution in [2.45, 2.75) is 19.9 Å². The zero-order valence-electron chi connectivity index (χ0n) is 8.68. The predicted molar refractivity (Wildman–Crippen MR) is 64.1 cm³/mol. The topological polar surface area (TPSA) is 47.8 Å². The molecule has 0 amide bonds. The fraction of sp³-hybridized carbons (Fsp3) is 0.300. The number of aryl methyl sites for hydroxylation is 3. The maximum absolute atomic E-state index is 11.5. The fourth-order valence-electron chi connectivity index (χ4n) is 1.36. The van der Waals surface area contributed by atoms with Crippen LogP contribution in [-0.2, 0) is 13.0 Å². The molecule has 84 valence electrons. The number of nitrogens with zero attached hydrogens (tertiary/aromatic N) is 3. The van der Waals surface area contributed by atoms with E-state index in [2.05, 4.69) is 9.97 Å². The van der Waals surface area contributed by atoms with E-state index in [0.29, 0.717) is 6.54 Å². The van der Waals surface area contributed by atoms with E-state index < -0.39 is 0 Å². The summed E-state index contributed by atoms with van der Waals surface area (Å²) in [5.41, 5.74) is 2.72. The van der Waals surface area contributed by atoms with E-state index in [1.807, 2.05) is 12.4 Å². The molecule has 0 N–H and O–H groups in total. The minimum absolute atomic E-state index is 0.123. The van der Waals surface area contributed by atoms with Crippen molar-refractivity contribution >= 4 is 22.9 Å². The molecule has 4 nitrogen and oxygen atoms in total. The Bertz CT molecular complexity index is 549. The van der Waals surface area contributed by atoms with Crippen LogP contribution in [0.3, 0.4) is 0 Å². The molecular formula is C10H10ClN3OS. The van der Waals surface area contributed by atoms with E-state index >= 15 is 0 Å². The van der Waals surface area contributed by atoms with Crippen LogP contribution in [0.5, 0.6) is 0 Å². The van der Waals surface area contributed by atoms with Crippen LogP contribution in [-0.4, -0.2) is 14.5 Å². The Morgan fingerprint density at radius 2 is 2.31 bits per heavy atom. The van der Waals surface area contributed by atoms with E-state index in [9.17, 15) is 4.79 Å². The lowest BCUT2D eigenvalue weighted by Crippen LogP contribution is -2.20. The van der Waals surface area contributed by atoms with Gasteiger partial charge in [-0.05, 0) is 6.92 Å². The summed E-state index contributed by atoms with van der Waals surface area (Å²) >= 11 is 7.21. The number of hydrogen-bond donors (Lipinski definition) is 0. The van der Waals surface area contributed by atoms with Gasteiger partial charge in [0.15, 0.2) is 0 Å². The SMILES string of the molecule is Cc1ncsc1CCn1cnc(Cl)cc1=O. The van der Waals surface area contributed by atoms with Gasteiger partial charge in [0.2, 0.25) is 0 Å². The zero-order chi connectivity index (χ0) is 11.5. The number of aromatic nitrogens is 3. The summed E-state index contributed by atoms with van der Waals surface area (Å²) in [5.74, 6) is 0. The van der Waals surface area contributed by atoms with E-state index in [1.165, 1.54) is 17.3 Å². The average Bonchev–Trinajstić information content (AvgIpc) is 2.63. The molecule has 0 aliphatic carbocycles. The smallest absolute Gasteiger partial charge is 0.254 e. The summed E-state index contributed by atoms with van der Waals surface area (Å²) < 4.78 is 1.55. The van der Waals surface area contributed by atoms with E-state index in [1.54, 1.807) is 15.9 Å². The van der Waals surface area contributed by atoms with Gasteiger partial charge < -0.3 is 0 Å². The predicted octanol–water partition coefficient (Wildman–Crippen LogP) is 1.90. The van der Waals surface area contributed by atoms with Gasteiger partial charge in [0.25, 0.3) is 5.56 Å². The van der Waals surface area contributed by atoms with Gasteiger partial charge in [0.1, 0.15) is 5.15 Å². The number of hydrogen-bond acceptors (Lipinski definition) is 4. The lowest BCUT2D eigenvalue weighted by molar-refractivity contribution is 0.657. The largest absolute Gasteiger partial charge is 0.299 e. The average molecular weight is 256 g/mol. The summed E-state index contributed by atoms with van der Waals surface area (Å²) in [6, 6.07) is 1.32. The van der Waals surface area contributed by atoms with E-state index in [-0.39, 0.29) is 10.7 Å². The Kier molecular flexibility index (Phi) is 3.36. The van der Waals surface area contributed by atoms with Crippen molar-refractivity contribution in [3.05, 3.63) is 44.0 Å². The molecule has 0 aromatic carbocycles. The van der Waals surface area contributed by atoms with Gasteiger partial charge in [-0.1, -0.05) is 11.6 Å². The third-order valence-corrected chi connectivity index (χ3v) is 3.47. The van der Waals surface area contributed by atoms with Gasteiger partial charge in [0, 0.05) is 23.9 Å². The maximum atomic E-state index is 11.5. The van der Waals surface area contributed by atoms with Crippen LogP contribution in [0.2, 0.25) is 5.15 Å². The van der Waals surface area contributed by atoms with Crippen LogP contribution in [0, 0.1) is 6.92 Å². The molecule has 2 rings (SSSR count). The summed E-state index contributed by atoms with van der Waals surface area (Å²) in [7, 11) is 0. The van der Waals surface area contributed by atoms with Crippen LogP contribution >= 0.6 is 22.9 Å². The minimum atomic E-state index is -0.123. The second kappa shape index (κ2) is 4.76. The van der Waals surface area contributed by atoms with Crippen molar-refractivity contribution in [1.29, 1.82) is 0 Å². The molecule has 0 radical (unpaired) electrons. The lowest BCUT2D eigenvalue weighted by Gasteiger charge is -2.03. The van der Waals surface area contributed by atoms with E-state index in [4.69, 9.17) is 11.6 Å². The highest BCUT2D eigenvalue weighted by Gasteiger charge is 2.03. The first-order valence-electron chi connectivity index (χ1n) is 4.78. The standard InChI is InChI=1S/C10H10ClN3OS/c1-7-8(16-6-13-7)2-3-14-5-12-9(11)4-10(14)15/h4-6H,2-3H2,1H3. The van der Waals surface area contributed by atoms with Gasteiger partial charge in [-0.3, -0.25) is 9.36 Å². The third-order valence-electron chi connectivity index (χ3n) is 2.27. The molecule has 0 fully saturated rings. The summed E-state index contributed by atoms with van der Waals surface area (Å²) in [5, 5.41) is 0.232. The van der Waals surface area contributed by atoms with Gasteiger partial charge in [-0.2, -0.15) is 0 Å². The van der Waals surface area contributed by atoms with Gasteiger partial charge in [0.05, 0.1) is 17.5 Å². The van der Waals surface area contributed by atoms with Crippen molar-refractivity contribution in [1.82, 2.24) is 14.5 Å². The summed E-state index contributed by atoms with van der Waals surface area (Å²) in [4.78, 5) is 20.7. The fourth-order valence-corrected chi connectivity index (χ4v) is 2.27. The molecule has 6 heteroatoms. The first kappa shape index (κ1) is 11.3. The Labute approximate surface area is 102 Å². The zero-order valence-corrected chi connectivity index (χ0v) is 10.3. The lowest BCUT2D eigenvalue weighted by atomic mass is 10.3. The van der Waals surface area contributed by atoms with Crippen molar-refractivity contribution < 1.29 is 0 Å². The molecule has 0 saturated carbocycles. The highest BCUT2D eigenvalue weighted by Crippen LogP contribution is 2.13. The van der Waals surface area contributed by atoms with Crippen molar-refractivity contribution in [2.24, 2.45) is 0 Å². The first-order chi connectivity index (χ1) is 7.66. The van der Waals surface area contributed by atoms with Gasteiger partial charge >= 0.3 is 0 Å². The normalized spacial score (nSPS) is 10.6. The molecule has 0 saturated heterocycles. The molecule has 2 heterocycles. The molecule has 0 atom stereocenters. The Hall–Kier alpha value is -1.20. The van der Waals surface area contributed by atoms with Crippen molar-refractivity contribution in [2.75, 3.05) is 0 Å². The van der Waals surface area contributed by atoms with Crippen LogP contribution in [0.4, 0.5) is 0 Å². The number of thiazole rings is 1. The highest BCUT2D eigenvalue weighted by atomic mass is 35.5. The Morgan fingerprint density at radius 1 is 1.50 bits per heavy atom. The quantitative estimate of drug-likeness (QED) is 0.787. The van der Waals surface area contributed by atoms with Gasteiger partial charge in [-0.25, -0.2) is 9.97 Å². The number of halogens is 1. The minimum Gasteiger partial charge on any atom is -0.299 e. The van der Waals surface area contributed by atoms with Crippen LogP contribution < -0.4 is 5.56 Å². The molecule has 0 unspecified atom stereocenters. The number of rotatable bonds is 3. The van der Waals surface area contributed by atoms with Crippen LogP contribution in [0.25, 0.3) is 0 Å². The monoisotopic (exact) mass is 255 g/mol. The van der Waals surface area contributed by atoms with Crippen LogP contribution in [0.15, 0.2) is 22.7 Å². The molecule has 2 aromatic heterocycles. The Morgan fingerprint density at radius 3 is 2.94 bits per heavy atom. The maximum Gasteiger partial charge on any atom is 0.254 e. The third kappa shape index (κ3) is 2.48. The first-order valence-corrected chi connectivity index (χ1v) is 6.03. The summed E-state index contributed by atoms with van der Waals surface area (Å²) in [6.07, 6.45) is 2.26. The molecule has 16 heavy (non-hydrogen) atoms. The van der Waals surface area contributed by atoms with Crippen molar-refractivity contribution in [3.63, 3.8) is 0 Å². The molecule has 0 spiro atoms. The molecule has 2 aromatic rings. The molecular weight excluding hydrogens is 246 g/mol. The molecule has 0 aliphatic rings. The summed E-state index contributed by atoms with van der Waals surface area (Å²) in [6.45, 7) is 2.57. The second-order valence-corrected chi connectivity index (χ2v) is 4.68.